The molecule has 0 saturated carbocycles. The van der Waals surface area contributed by atoms with E-state index in [-0.39, 0.29) is 4.90 Å². The Balaban J connectivity index is 1.51. The van der Waals surface area contributed by atoms with Crippen molar-refractivity contribution < 1.29 is 8.42 Å². The fourth-order valence-electron chi connectivity index (χ4n) is 2.32. The predicted molar refractivity (Wildman–Crippen MR) is 111 cm³/mol. The van der Waals surface area contributed by atoms with Crippen molar-refractivity contribution in [3.05, 3.63) is 59.7 Å². The van der Waals surface area contributed by atoms with Gasteiger partial charge in [-0.3, -0.25) is 0 Å². The van der Waals surface area contributed by atoms with Crippen molar-refractivity contribution in [1.82, 2.24) is 14.9 Å². The number of benzene rings is 2. The lowest BCUT2D eigenvalue weighted by Gasteiger charge is -2.08. The van der Waals surface area contributed by atoms with Gasteiger partial charge in [0.05, 0.1) is 4.90 Å². The van der Waals surface area contributed by atoms with Gasteiger partial charge in [0.25, 0.3) is 0 Å². The van der Waals surface area contributed by atoms with Gasteiger partial charge >= 0.3 is 0 Å². The van der Waals surface area contributed by atoms with Gasteiger partial charge in [0.15, 0.2) is 4.34 Å². The third-order valence-corrected chi connectivity index (χ3v) is 7.38. The van der Waals surface area contributed by atoms with E-state index in [2.05, 4.69) is 40.2 Å². The molecule has 0 unspecified atom stereocenters. The second-order valence-electron chi connectivity index (χ2n) is 5.80. The molecule has 0 aliphatic rings. The minimum absolute atomic E-state index is 0.269. The maximum Gasteiger partial charge on any atom is 0.240 e. The predicted octanol–water partition coefficient (Wildman–Crippen LogP) is 3.97. The van der Waals surface area contributed by atoms with Gasteiger partial charge in [-0.15, -0.1) is 10.2 Å². The van der Waals surface area contributed by atoms with Crippen molar-refractivity contribution in [2.45, 2.75) is 23.1 Å². The molecule has 0 fully saturated rings. The molecule has 0 saturated heterocycles. The summed E-state index contributed by atoms with van der Waals surface area (Å²) in [7, 11) is -3.47. The fraction of sp³-hybridized carbons (Fsp3) is 0.222. The Hall–Kier alpha value is -1.94. The third-order valence-electron chi connectivity index (χ3n) is 3.93. The zero-order valence-corrected chi connectivity index (χ0v) is 17.4. The molecule has 3 aromatic rings. The van der Waals surface area contributed by atoms with E-state index >= 15 is 0 Å². The van der Waals surface area contributed by atoms with Crippen LogP contribution in [-0.4, -0.2) is 30.9 Å². The van der Waals surface area contributed by atoms with Crippen LogP contribution >= 0.6 is 23.1 Å². The van der Waals surface area contributed by atoms with E-state index in [4.69, 9.17) is 0 Å². The first-order chi connectivity index (χ1) is 13.0. The van der Waals surface area contributed by atoms with Gasteiger partial charge in [-0.2, -0.15) is 0 Å². The molecule has 142 valence electrons. The summed E-state index contributed by atoms with van der Waals surface area (Å²) in [5.74, 6) is 0.574. The van der Waals surface area contributed by atoms with E-state index in [9.17, 15) is 8.42 Å². The Kier molecular flexibility index (Phi) is 6.48. The first kappa shape index (κ1) is 19.8. The molecule has 0 radical (unpaired) electrons. The molecule has 1 heterocycles. The van der Waals surface area contributed by atoms with Crippen molar-refractivity contribution in [3.8, 4) is 0 Å². The summed E-state index contributed by atoms with van der Waals surface area (Å²) in [6.07, 6.45) is 0. The molecule has 2 aromatic carbocycles. The van der Waals surface area contributed by atoms with E-state index in [0.717, 1.165) is 15.2 Å². The van der Waals surface area contributed by atoms with Crippen molar-refractivity contribution in [2.24, 2.45) is 0 Å². The van der Waals surface area contributed by atoms with Crippen molar-refractivity contribution in [2.75, 3.05) is 17.6 Å². The molecular weight excluding hydrogens is 400 g/mol. The summed E-state index contributed by atoms with van der Waals surface area (Å²) in [5.41, 5.74) is 3.40. The Morgan fingerprint density at radius 2 is 1.81 bits per heavy atom. The highest BCUT2D eigenvalue weighted by atomic mass is 32.2. The Bertz CT molecular complexity index is 1000. The van der Waals surface area contributed by atoms with Crippen LogP contribution in [-0.2, 0) is 10.0 Å². The van der Waals surface area contributed by atoms with E-state index in [1.54, 1.807) is 30.3 Å². The Labute approximate surface area is 167 Å². The maximum absolute atomic E-state index is 12.2. The van der Waals surface area contributed by atoms with E-state index < -0.39 is 10.0 Å². The molecular formula is C18H20N4O2S3. The van der Waals surface area contributed by atoms with Crippen LogP contribution in [0.2, 0.25) is 0 Å². The number of anilines is 2. The van der Waals surface area contributed by atoms with Gasteiger partial charge in [0, 0.05) is 18.0 Å². The van der Waals surface area contributed by atoms with Crippen molar-refractivity contribution in [3.63, 3.8) is 0 Å². The van der Waals surface area contributed by atoms with Gasteiger partial charge in [-0.25, -0.2) is 13.1 Å². The van der Waals surface area contributed by atoms with Crippen LogP contribution in [0, 0.1) is 13.8 Å². The third kappa shape index (κ3) is 5.29. The zero-order valence-electron chi connectivity index (χ0n) is 15.0. The molecule has 3 rings (SSSR count). The number of sulfonamides is 1. The van der Waals surface area contributed by atoms with Crippen LogP contribution in [0.1, 0.15) is 11.1 Å². The first-order valence-electron chi connectivity index (χ1n) is 8.30. The van der Waals surface area contributed by atoms with Gasteiger partial charge in [-0.05, 0) is 43.2 Å². The topological polar surface area (TPSA) is 84.0 Å². The number of rotatable bonds is 8. The molecule has 0 amide bonds. The Morgan fingerprint density at radius 3 is 2.59 bits per heavy atom. The summed E-state index contributed by atoms with van der Waals surface area (Å²) in [6, 6.07) is 14.4. The molecule has 0 bridgehead atoms. The lowest BCUT2D eigenvalue weighted by atomic mass is 10.1. The molecule has 0 atom stereocenters. The van der Waals surface area contributed by atoms with Crippen molar-refractivity contribution in [1.29, 1.82) is 0 Å². The monoisotopic (exact) mass is 420 g/mol. The van der Waals surface area contributed by atoms with Crippen LogP contribution in [0.4, 0.5) is 10.8 Å². The maximum atomic E-state index is 12.2. The second kappa shape index (κ2) is 8.83. The quantitative estimate of drug-likeness (QED) is 0.424. The normalized spacial score (nSPS) is 11.5. The highest BCUT2D eigenvalue weighted by Crippen LogP contribution is 2.29. The van der Waals surface area contributed by atoms with Gasteiger partial charge < -0.3 is 5.32 Å². The number of nitrogens with one attached hydrogen (secondary N) is 2. The summed E-state index contributed by atoms with van der Waals surface area (Å²) >= 11 is 2.92. The average Bonchev–Trinajstić information content (AvgIpc) is 3.11. The SMILES string of the molecule is Cc1cccc(Nc2nnc(SCCNS(=O)(=O)c3ccccc3)s2)c1C. The molecule has 6 nitrogen and oxygen atoms in total. The summed E-state index contributed by atoms with van der Waals surface area (Å²) in [6.45, 7) is 4.45. The lowest BCUT2D eigenvalue weighted by Crippen LogP contribution is -2.25. The number of thioether (sulfide) groups is 1. The minimum atomic E-state index is -3.47. The smallest absolute Gasteiger partial charge is 0.240 e. The molecule has 0 aliphatic heterocycles. The molecule has 27 heavy (non-hydrogen) atoms. The summed E-state index contributed by atoms with van der Waals surface area (Å²) in [5, 5.41) is 12.3. The summed E-state index contributed by atoms with van der Waals surface area (Å²) in [4.78, 5) is 0.269. The highest BCUT2D eigenvalue weighted by Gasteiger charge is 2.13. The standard InChI is InChI=1S/C18H20N4O2S3/c1-13-7-6-10-16(14(13)2)20-17-21-22-18(26-17)25-12-11-19-27(23,24)15-8-4-3-5-9-15/h3-10,19H,11-12H2,1-2H3,(H,20,21). The van der Waals surface area contributed by atoms with E-state index in [0.29, 0.717) is 12.3 Å². The van der Waals surface area contributed by atoms with Crippen LogP contribution in [0.25, 0.3) is 0 Å². The number of hydrogen-bond donors (Lipinski definition) is 2. The molecule has 2 N–H and O–H groups in total. The van der Waals surface area contributed by atoms with Gasteiger partial charge in [-0.1, -0.05) is 53.4 Å². The van der Waals surface area contributed by atoms with Gasteiger partial charge in [0.1, 0.15) is 0 Å². The van der Waals surface area contributed by atoms with Gasteiger partial charge in [0.2, 0.25) is 15.2 Å². The van der Waals surface area contributed by atoms with Crippen LogP contribution < -0.4 is 10.0 Å². The second-order valence-corrected chi connectivity index (χ2v) is 9.89. The molecule has 1 aromatic heterocycles. The van der Waals surface area contributed by atoms with Crippen LogP contribution in [0.5, 0.6) is 0 Å². The molecule has 9 heteroatoms. The number of aromatic nitrogens is 2. The highest BCUT2D eigenvalue weighted by molar-refractivity contribution is 8.01. The average molecular weight is 421 g/mol. The number of hydrogen-bond acceptors (Lipinski definition) is 7. The minimum Gasteiger partial charge on any atom is -0.330 e. The number of nitrogens with zero attached hydrogens (tertiary/aromatic N) is 2. The van der Waals surface area contributed by atoms with Crippen molar-refractivity contribution >= 4 is 43.9 Å². The lowest BCUT2D eigenvalue weighted by molar-refractivity contribution is 0.584. The van der Waals surface area contributed by atoms with Crippen LogP contribution in [0.15, 0.2) is 57.8 Å². The first-order valence-corrected chi connectivity index (χ1v) is 11.6. The van der Waals surface area contributed by atoms with E-state index in [1.165, 1.54) is 34.2 Å². The van der Waals surface area contributed by atoms with Crippen LogP contribution in [0.3, 0.4) is 0 Å². The largest absolute Gasteiger partial charge is 0.330 e. The zero-order chi connectivity index (χ0) is 19.3. The Morgan fingerprint density at radius 1 is 1.04 bits per heavy atom. The summed E-state index contributed by atoms with van der Waals surface area (Å²) < 4.78 is 27.7. The molecule has 0 spiro atoms. The van der Waals surface area contributed by atoms with E-state index in [1.807, 2.05) is 12.1 Å². The fourth-order valence-corrected chi connectivity index (χ4v) is 5.19. The molecule has 0 aliphatic carbocycles. The number of aryl methyl sites for hydroxylation is 1.